The molecule has 0 radical (unpaired) electrons. The van der Waals surface area contributed by atoms with Crippen molar-refractivity contribution in [3.8, 4) is 0 Å². The van der Waals surface area contributed by atoms with Crippen molar-refractivity contribution in [2.75, 3.05) is 26.7 Å². The van der Waals surface area contributed by atoms with Gasteiger partial charge in [-0.2, -0.15) is 0 Å². The number of imidazole rings is 1. The Kier molecular flexibility index (Phi) is 6.33. The maximum Gasteiger partial charge on any atom is 0.225 e. The average Bonchev–Trinajstić information content (AvgIpc) is 3.33. The van der Waals surface area contributed by atoms with Crippen LogP contribution in [0.5, 0.6) is 0 Å². The van der Waals surface area contributed by atoms with Crippen LogP contribution >= 0.6 is 0 Å². The Morgan fingerprint density at radius 2 is 1.85 bits per heavy atom. The van der Waals surface area contributed by atoms with E-state index in [9.17, 15) is 9.59 Å². The fraction of sp³-hybridized carbons (Fsp3) is 0.750. The molecule has 2 heterocycles. The fourth-order valence-corrected chi connectivity index (χ4v) is 4.31. The molecule has 1 aliphatic carbocycles. The molecular weight excluding hydrogens is 328 g/mol. The Morgan fingerprint density at radius 3 is 2.46 bits per heavy atom. The predicted octanol–water partition coefficient (Wildman–Crippen LogP) is 2.24. The number of aromatic nitrogens is 2. The van der Waals surface area contributed by atoms with Crippen molar-refractivity contribution in [2.45, 2.75) is 51.4 Å². The van der Waals surface area contributed by atoms with Crippen LogP contribution < -0.4 is 0 Å². The van der Waals surface area contributed by atoms with E-state index in [0.717, 1.165) is 64.0 Å². The van der Waals surface area contributed by atoms with Crippen LogP contribution in [0.1, 0.15) is 50.8 Å². The first kappa shape index (κ1) is 18.9. The van der Waals surface area contributed by atoms with Crippen LogP contribution in [0.3, 0.4) is 0 Å². The van der Waals surface area contributed by atoms with Gasteiger partial charge in [-0.3, -0.25) is 9.59 Å². The number of nitrogens with zero attached hydrogens (tertiary/aromatic N) is 4. The molecule has 1 saturated heterocycles. The minimum atomic E-state index is 0.0702. The molecule has 1 aliphatic heterocycles. The largest absolute Gasteiger partial charge is 0.346 e. The Hall–Kier alpha value is -1.85. The number of amides is 2. The van der Waals surface area contributed by atoms with E-state index in [1.807, 2.05) is 40.9 Å². The summed E-state index contributed by atoms with van der Waals surface area (Å²) in [5, 5.41) is 0. The maximum absolute atomic E-state index is 12.7. The summed E-state index contributed by atoms with van der Waals surface area (Å²) in [4.78, 5) is 33.4. The van der Waals surface area contributed by atoms with Gasteiger partial charge < -0.3 is 14.4 Å². The molecule has 3 rings (SSSR count). The van der Waals surface area contributed by atoms with Gasteiger partial charge in [0.15, 0.2) is 0 Å². The summed E-state index contributed by atoms with van der Waals surface area (Å²) < 4.78 is 2.03. The smallest absolute Gasteiger partial charge is 0.225 e. The molecule has 144 valence electrons. The summed E-state index contributed by atoms with van der Waals surface area (Å²) in [6.07, 6.45) is 11.7. The first-order chi connectivity index (χ1) is 12.6. The number of carbonyl (C=O) groups is 2. The zero-order valence-corrected chi connectivity index (χ0v) is 16.2. The molecular formula is C20H32N4O2. The van der Waals surface area contributed by atoms with Gasteiger partial charge in [0.05, 0.1) is 0 Å². The van der Waals surface area contributed by atoms with Crippen molar-refractivity contribution < 1.29 is 9.59 Å². The lowest BCUT2D eigenvalue weighted by Crippen LogP contribution is -2.45. The van der Waals surface area contributed by atoms with Crippen molar-refractivity contribution in [3.05, 3.63) is 18.2 Å². The van der Waals surface area contributed by atoms with Crippen molar-refractivity contribution in [2.24, 2.45) is 18.9 Å². The van der Waals surface area contributed by atoms with Gasteiger partial charge >= 0.3 is 0 Å². The SMILES string of the molecule is CN(CCCc1nccn1C)C(=O)C1CCN(C(=O)C2CCCC2)CC1. The van der Waals surface area contributed by atoms with Crippen molar-refractivity contribution >= 4 is 11.8 Å². The summed E-state index contributed by atoms with van der Waals surface area (Å²) in [6.45, 7) is 2.24. The van der Waals surface area contributed by atoms with E-state index in [2.05, 4.69) is 4.98 Å². The normalized spacial score (nSPS) is 19.1. The maximum atomic E-state index is 12.7. The highest BCUT2D eigenvalue weighted by atomic mass is 16.2. The number of rotatable bonds is 6. The topological polar surface area (TPSA) is 58.4 Å². The van der Waals surface area contributed by atoms with Crippen LogP contribution in [0.25, 0.3) is 0 Å². The second-order valence-electron chi connectivity index (χ2n) is 7.90. The van der Waals surface area contributed by atoms with E-state index in [4.69, 9.17) is 0 Å². The monoisotopic (exact) mass is 360 g/mol. The zero-order valence-electron chi connectivity index (χ0n) is 16.2. The lowest BCUT2D eigenvalue weighted by molar-refractivity contribution is -0.141. The fourth-order valence-electron chi connectivity index (χ4n) is 4.31. The minimum absolute atomic E-state index is 0.0702. The minimum Gasteiger partial charge on any atom is -0.346 e. The molecule has 0 N–H and O–H groups in total. The van der Waals surface area contributed by atoms with Gasteiger partial charge in [0.2, 0.25) is 11.8 Å². The van der Waals surface area contributed by atoms with Gasteiger partial charge in [-0.15, -0.1) is 0 Å². The molecule has 26 heavy (non-hydrogen) atoms. The summed E-state index contributed by atoms with van der Waals surface area (Å²) in [6, 6.07) is 0. The number of hydrogen-bond donors (Lipinski definition) is 0. The molecule has 0 atom stereocenters. The van der Waals surface area contributed by atoms with Crippen LogP contribution in [0, 0.1) is 11.8 Å². The summed E-state index contributed by atoms with van der Waals surface area (Å²) in [7, 11) is 3.90. The van der Waals surface area contributed by atoms with E-state index in [-0.39, 0.29) is 17.7 Å². The Bertz CT molecular complexity index is 613. The van der Waals surface area contributed by atoms with Gasteiger partial charge in [0, 0.05) is 64.4 Å². The molecule has 6 nitrogen and oxygen atoms in total. The van der Waals surface area contributed by atoms with Crippen LogP contribution in [-0.4, -0.2) is 57.8 Å². The molecule has 0 spiro atoms. The molecule has 0 bridgehead atoms. The highest BCUT2D eigenvalue weighted by molar-refractivity contribution is 5.81. The summed E-state index contributed by atoms with van der Waals surface area (Å²) in [5.41, 5.74) is 0. The Labute approximate surface area is 156 Å². The highest BCUT2D eigenvalue weighted by Gasteiger charge is 2.32. The van der Waals surface area contributed by atoms with Gasteiger partial charge in [0.1, 0.15) is 5.82 Å². The first-order valence-electron chi connectivity index (χ1n) is 10.1. The standard InChI is InChI=1S/C20H32N4O2/c1-22-15-11-21-18(22)8-5-12-23(2)19(25)17-9-13-24(14-10-17)20(26)16-6-3-4-7-16/h11,15-17H,3-10,12-14H2,1-2H3. The molecule has 0 aromatic carbocycles. The molecule has 1 aromatic rings. The summed E-state index contributed by atoms with van der Waals surface area (Å²) in [5.74, 6) is 1.94. The van der Waals surface area contributed by atoms with E-state index < -0.39 is 0 Å². The molecule has 1 aromatic heterocycles. The van der Waals surface area contributed by atoms with Crippen LogP contribution in [0.15, 0.2) is 12.4 Å². The first-order valence-corrected chi connectivity index (χ1v) is 10.1. The molecule has 6 heteroatoms. The van der Waals surface area contributed by atoms with E-state index in [1.165, 1.54) is 12.8 Å². The van der Waals surface area contributed by atoms with Crippen molar-refractivity contribution in [1.82, 2.24) is 19.4 Å². The van der Waals surface area contributed by atoms with Crippen LogP contribution in [-0.2, 0) is 23.1 Å². The van der Waals surface area contributed by atoms with Crippen LogP contribution in [0.4, 0.5) is 0 Å². The Balaban J connectivity index is 1.39. The number of aryl methyl sites for hydroxylation is 2. The average molecular weight is 361 g/mol. The quantitative estimate of drug-likeness (QED) is 0.782. The molecule has 2 fully saturated rings. The molecule has 0 unspecified atom stereocenters. The van der Waals surface area contributed by atoms with Crippen molar-refractivity contribution in [3.63, 3.8) is 0 Å². The number of piperidine rings is 1. The highest BCUT2D eigenvalue weighted by Crippen LogP contribution is 2.28. The number of hydrogen-bond acceptors (Lipinski definition) is 3. The third-order valence-corrected chi connectivity index (χ3v) is 6.05. The number of carbonyl (C=O) groups excluding carboxylic acids is 2. The Morgan fingerprint density at radius 1 is 1.15 bits per heavy atom. The van der Waals surface area contributed by atoms with Crippen LogP contribution in [0.2, 0.25) is 0 Å². The van der Waals surface area contributed by atoms with Gasteiger partial charge in [-0.05, 0) is 32.1 Å². The zero-order chi connectivity index (χ0) is 18.5. The van der Waals surface area contributed by atoms with Gasteiger partial charge in [-0.25, -0.2) is 4.98 Å². The van der Waals surface area contributed by atoms with Crippen molar-refractivity contribution in [1.29, 1.82) is 0 Å². The summed E-state index contributed by atoms with van der Waals surface area (Å²) >= 11 is 0. The van der Waals surface area contributed by atoms with E-state index in [1.54, 1.807) is 0 Å². The second-order valence-corrected chi connectivity index (χ2v) is 7.90. The second kappa shape index (κ2) is 8.69. The van der Waals surface area contributed by atoms with E-state index >= 15 is 0 Å². The van der Waals surface area contributed by atoms with E-state index in [0.29, 0.717) is 5.91 Å². The lowest BCUT2D eigenvalue weighted by atomic mass is 9.94. The number of likely N-dealkylation sites (tertiary alicyclic amines) is 1. The third kappa shape index (κ3) is 4.46. The van der Waals surface area contributed by atoms with Gasteiger partial charge in [0.25, 0.3) is 0 Å². The predicted molar refractivity (Wildman–Crippen MR) is 100 cm³/mol. The lowest BCUT2D eigenvalue weighted by Gasteiger charge is -2.34. The molecule has 2 aliphatic rings. The third-order valence-electron chi connectivity index (χ3n) is 6.05. The molecule has 2 amide bonds. The molecule has 1 saturated carbocycles. The van der Waals surface area contributed by atoms with Gasteiger partial charge in [-0.1, -0.05) is 12.8 Å².